The number of hydrogen-bond acceptors (Lipinski definition) is 3. The van der Waals surface area contributed by atoms with E-state index in [2.05, 4.69) is 10.9 Å². The molecular formula is C20H26N2O4. The highest BCUT2D eigenvalue weighted by atomic mass is 16.4. The number of aliphatic carboxylic acids is 1. The largest absolute Gasteiger partial charge is 0.481 e. The van der Waals surface area contributed by atoms with Gasteiger partial charge in [0.25, 0.3) is 0 Å². The number of carbonyl (C=O) groups is 3. The van der Waals surface area contributed by atoms with E-state index >= 15 is 0 Å². The molecule has 2 amide bonds. The summed E-state index contributed by atoms with van der Waals surface area (Å²) in [6.07, 6.45) is 11.2. The first kappa shape index (κ1) is 16.3. The summed E-state index contributed by atoms with van der Waals surface area (Å²) in [7, 11) is 0. The molecule has 140 valence electrons. The lowest BCUT2D eigenvalue weighted by Crippen LogP contribution is -2.57. The third-order valence-electron chi connectivity index (χ3n) is 7.87. The molecular weight excluding hydrogens is 332 g/mol. The molecule has 6 nitrogen and oxygen atoms in total. The molecule has 0 aromatic rings. The van der Waals surface area contributed by atoms with Crippen LogP contribution in [0.2, 0.25) is 0 Å². The molecule has 26 heavy (non-hydrogen) atoms. The van der Waals surface area contributed by atoms with Crippen molar-refractivity contribution in [2.75, 3.05) is 0 Å². The van der Waals surface area contributed by atoms with Crippen LogP contribution in [0.25, 0.3) is 0 Å². The minimum Gasteiger partial charge on any atom is -0.481 e. The van der Waals surface area contributed by atoms with Gasteiger partial charge >= 0.3 is 5.97 Å². The summed E-state index contributed by atoms with van der Waals surface area (Å²) in [5, 5.41) is 9.48. The van der Waals surface area contributed by atoms with Crippen LogP contribution in [0, 0.1) is 46.8 Å². The summed E-state index contributed by atoms with van der Waals surface area (Å²) >= 11 is 0. The monoisotopic (exact) mass is 358 g/mol. The van der Waals surface area contributed by atoms with Crippen LogP contribution in [-0.2, 0) is 14.4 Å². The molecule has 3 N–H and O–H groups in total. The van der Waals surface area contributed by atoms with Gasteiger partial charge in [-0.25, -0.2) is 0 Å². The van der Waals surface area contributed by atoms with Gasteiger partial charge in [0.1, 0.15) is 0 Å². The van der Waals surface area contributed by atoms with E-state index in [-0.39, 0.29) is 29.1 Å². The maximum absolute atomic E-state index is 12.9. The van der Waals surface area contributed by atoms with Gasteiger partial charge in [-0.2, -0.15) is 0 Å². The second-order valence-corrected chi connectivity index (χ2v) is 9.48. The van der Waals surface area contributed by atoms with Crippen LogP contribution in [0.4, 0.5) is 0 Å². The second-order valence-electron chi connectivity index (χ2n) is 9.48. The van der Waals surface area contributed by atoms with Gasteiger partial charge in [0.15, 0.2) is 0 Å². The second kappa shape index (κ2) is 5.57. The van der Waals surface area contributed by atoms with Crippen molar-refractivity contribution in [1.29, 1.82) is 0 Å². The molecule has 6 aliphatic carbocycles. The number of hydrazine groups is 1. The van der Waals surface area contributed by atoms with E-state index in [9.17, 15) is 19.5 Å². The van der Waals surface area contributed by atoms with Crippen LogP contribution in [0.15, 0.2) is 12.2 Å². The fraction of sp³-hybridized carbons (Fsp3) is 0.750. The number of carboxylic acid groups (broad SMARTS) is 1. The van der Waals surface area contributed by atoms with Gasteiger partial charge in [-0.1, -0.05) is 12.2 Å². The quantitative estimate of drug-likeness (QED) is 0.530. The van der Waals surface area contributed by atoms with E-state index in [0.717, 1.165) is 25.7 Å². The smallest absolute Gasteiger partial charge is 0.307 e. The SMILES string of the molecule is O=C(O)[C@@H]1[C@@H](C(=O)NNC(=O)C23CC4CC(CC(C4)C2)C3)[C@H]2C=C[C@H]1C2. The van der Waals surface area contributed by atoms with E-state index in [0.29, 0.717) is 17.8 Å². The molecule has 4 atom stereocenters. The highest BCUT2D eigenvalue weighted by Crippen LogP contribution is 2.60. The Morgan fingerprint density at radius 1 is 0.808 bits per heavy atom. The average Bonchev–Trinajstić information content (AvgIpc) is 3.19. The Morgan fingerprint density at radius 2 is 1.35 bits per heavy atom. The van der Waals surface area contributed by atoms with Gasteiger partial charge < -0.3 is 5.11 Å². The summed E-state index contributed by atoms with van der Waals surface area (Å²) in [6.45, 7) is 0. The van der Waals surface area contributed by atoms with Crippen molar-refractivity contribution < 1.29 is 19.5 Å². The van der Waals surface area contributed by atoms with Crippen LogP contribution in [0.3, 0.4) is 0 Å². The molecule has 0 radical (unpaired) electrons. The number of amides is 2. The lowest BCUT2D eigenvalue weighted by molar-refractivity contribution is -0.151. The molecule has 0 spiro atoms. The fourth-order valence-corrected chi connectivity index (χ4v) is 7.24. The molecule has 0 aliphatic heterocycles. The van der Waals surface area contributed by atoms with Crippen LogP contribution >= 0.6 is 0 Å². The zero-order chi connectivity index (χ0) is 18.1. The Labute approximate surface area is 152 Å². The molecule has 6 heteroatoms. The predicted molar refractivity (Wildman–Crippen MR) is 92.2 cm³/mol. The number of carbonyl (C=O) groups excluding carboxylic acids is 2. The Hall–Kier alpha value is -1.85. The highest BCUT2D eigenvalue weighted by molar-refractivity contribution is 5.90. The summed E-state index contributed by atoms with van der Waals surface area (Å²) in [4.78, 5) is 37.2. The van der Waals surface area contributed by atoms with Gasteiger partial charge in [-0.3, -0.25) is 25.2 Å². The Bertz CT molecular complexity index is 665. The molecule has 5 saturated carbocycles. The number of nitrogens with one attached hydrogen (secondary N) is 2. The van der Waals surface area contributed by atoms with Crippen molar-refractivity contribution >= 4 is 17.8 Å². The molecule has 6 rings (SSSR count). The summed E-state index contributed by atoms with van der Waals surface area (Å²) in [6, 6.07) is 0. The topological polar surface area (TPSA) is 95.5 Å². The minimum absolute atomic E-state index is 0.0300. The van der Waals surface area contributed by atoms with Crippen LogP contribution in [0.1, 0.15) is 44.9 Å². The fourth-order valence-electron chi connectivity index (χ4n) is 7.24. The van der Waals surface area contributed by atoms with Crippen molar-refractivity contribution in [3.8, 4) is 0 Å². The third kappa shape index (κ3) is 2.33. The lowest BCUT2D eigenvalue weighted by Gasteiger charge is -2.55. The Balaban J connectivity index is 1.25. The molecule has 6 bridgehead atoms. The zero-order valence-electron chi connectivity index (χ0n) is 14.8. The van der Waals surface area contributed by atoms with E-state index < -0.39 is 17.8 Å². The maximum atomic E-state index is 12.9. The van der Waals surface area contributed by atoms with Gasteiger partial charge in [0.2, 0.25) is 11.8 Å². The van der Waals surface area contributed by atoms with Crippen LogP contribution in [-0.4, -0.2) is 22.9 Å². The van der Waals surface area contributed by atoms with Crippen molar-refractivity contribution in [2.24, 2.45) is 46.8 Å². The standard InChI is InChI=1S/C20H26N2O4/c23-17(15-13-1-2-14(6-13)16(15)18(24)25)21-22-19(26)20-7-10-3-11(8-20)5-12(4-10)9-20/h1-2,10-16H,3-9H2,(H,21,23)(H,22,26)(H,24,25)/t10?,11?,12?,13-,14-,15-,16-,20?/m0/s1. The Kier molecular flexibility index (Phi) is 3.50. The zero-order valence-corrected chi connectivity index (χ0v) is 14.8. The van der Waals surface area contributed by atoms with E-state index in [4.69, 9.17) is 0 Å². The number of rotatable bonds is 3. The summed E-state index contributed by atoms with van der Waals surface area (Å²) < 4.78 is 0. The van der Waals surface area contributed by atoms with Crippen LogP contribution < -0.4 is 10.9 Å². The molecule has 5 fully saturated rings. The van der Waals surface area contributed by atoms with Crippen molar-refractivity contribution in [3.63, 3.8) is 0 Å². The molecule has 0 heterocycles. The molecule has 0 unspecified atom stereocenters. The van der Waals surface area contributed by atoms with Crippen molar-refractivity contribution in [3.05, 3.63) is 12.2 Å². The normalized spacial score (nSPS) is 47.2. The van der Waals surface area contributed by atoms with Gasteiger partial charge in [-0.05, 0) is 74.5 Å². The van der Waals surface area contributed by atoms with Crippen LogP contribution in [0.5, 0.6) is 0 Å². The average molecular weight is 358 g/mol. The first-order valence-corrected chi connectivity index (χ1v) is 9.96. The highest BCUT2D eigenvalue weighted by Gasteiger charge is 2.55. The van der Waals surface area contributed by atoms with Crippen molar-refractivity contribution in [1.82, 2.24) is 10.9 Å². The predicted octanol–water partition coefficient (Wildman–Crippen LogP) is 1.87. The van der Waals surface area contributed by atoms with Crippen molar-refractivity contribution in [2.45, 2.75) is 44.9 Å². The maximum Gasteiger partial charge on any atom is 0.307 e. The molecule has 0 aromatic heterocycles. The first-order chi connectivity index (χ1) is 12.4. The number of carboxylic acids is 1. The van der Waals surface area contributed by atoms with E-state index in [1.165, 1.54) is 19.3 Å². The molecule has 6 aliphatic rings. The van der Waals surface area contributed by atoms with E-state index in [1.54, 1.807) is 0 Å². The van der Waals surface area contributed by atoms with Gasteiger partial charge in [0, 0.05) is 0 Å². The molecule has 0 saturated heterocycles. The first-order valence-electron chi connectivity index (χ1n) is 9.96. The summed E-state index contributed by atoms with van der Waals surface area (Å²) in [5.74, 6) is -0.707. The Morgan fingerprint density at radius 3 is 1.88 bits per heavy atom. The third-order valence-corrected chi connectivity index (χ3v) is 7.87. The van der Waals surface area contributed by atoms with Gasteiger partial charge in [-0.15, -0.1) is 0 Å². The lowest BCUT2D eigenvalue weighted by atomic mass is 9.49. The summed E-state index contributed by atoms with van der Waals surface area (Å²) in [5.41, 5.74) is 4.95. The molecule has 0 aromatic carbocycles. The minimum atomic E-state index is -0.922. The number of fused-ring (bicyclic) bond motifs is 2. The van der Waals surface area contributed by atoms with E-state index in [1.807, 2.05) is 12.2 Å². The number of hydrogen-bond donors (Lipinski definition) is 3. The van der Waals surface area contributed by atoms with Gasteiger partial charge in [0.05, 0.1) is 17.3 Å². The number of allylic oxidation sites excluding steroid dienone is 2.